The van der Waals surface area contributed by atoms with Crippen molar-refractivity contribution in [2.75, 3.05) is 13.7 Å². The molecule has 0 fully saturated rings. The Hall–Kier alpha value is -0.930. The van der Waals surface area contributed by atoms with E-state index >= 15 is 0 Å². The number of hydrogen-bond acceptors (Lipinski definition) is 3. The van der Waals surface area contributed by atoms with Crippen LogP contribution >= 0.6 is 0 Å². The van der Waals surface area contributed by atoms with Gasteiger partial charge in [0.25, 0.3) is 0 Å². The average molecular weight is 236 g/mol. The van der Waals surface area contributed by atoms with Crippen LogP contribution in [-0.2, 0) is 4.74 Å². The highest BCUT2D eigenvalue weighted by Crippen LogP contribution is 2.18. The van der Waals surface area contributed by atoms with Gasteiger partial charge in [0.05, 0.1) is 6.61 Å². The van der Waals surface area contributed by atoms with Gasteiger partial charge in [0.15, 0.2) is 0 Å². The van der Waals surface area contributed by atoms with Crippen molar-refractivity contribution in [1.82, 2.24) is 10.3 Å². The number of nitrogens with zero attached hydrogens (tertiary/aromatic N) is 1. The fourth-order valence-corrected chi connectivity index (χ4v) is 1.92. The molecule has 3 nitrogen and oxygen atoms in total. The van der Waals surface area contributed by atoms with Gasteiger partial charge in [-0.2, -0.15) is 0 Å². The molecule has 0 saturated carbocycles. The van der Waals surface area contributed by atoms with E-state index in [9.17, 15) is 0 Å². The van der Waals surface area contributed by atoms with Crippen LogP contribution in [0.4, 0.5) is 0 Å². The lowest BCUT2D eigenvalue weighted by molar-refractivity contribution is 0.139. The molecule has 1 aromatic rings. The highest BCUT2D eigenvalue weighted by Gasteiger charge is 2.18. The van der Waals surface area contributed by atoms with Crippen LogP contribution < -0.4 is 5.32 Å². The van der Waals surface area contributed by atoms with E-state index in [0.717, 1.165) is 13.0 Å². The van der Waals surface area contributed by atoms with Crippen molar-refractivity contribution in [1.29, 1.82) is 0 Å². The summed E-state index contributed by atoms with van der Waals surface area (Å²) < 4.78 is 5.27. The molecule has 0 aromatic carbocycles. The first kappa shape index (κ1) is 14.1. The van der Waals surface area contributed by atoms with E-state index in [1.165, 1.54) is 5.56 Å². The minimum atomic E-state index is 0.376. The first-order chi connectivity index (χ1) is 8.19. The maximum absolute atomic E-state index is 5.27. The topological polar surface area (TPSA) is 34.1 Å². The van der Waals surface area contributed by atoms with Gasteiger partial charge in [-0.25, -0.2) is 0 Å². The number of pyridine rings is 1. The molecule has 1 heterocycles. The molecule has 0 aliphatic carbocycles. The summed E-state index contributed by atoms with van der Waals surface area (Å²) in [6, 6.07) is 4.91. The van der Waals surface area contributed by atoms with Crippen LogP contribution in [0.1, 0.15) is 38.8 Å². The Bertz CT molecular complexity index is 300. The van der Waals surface area contributed by atoms with Crippen LogP contribution in [0.15, 0.2) is 24.5 Å². The summed E-state index contributed by atoms with van der Waals surface area (Å²) in [5.74, 6) is 0.561. The van der Waals surface area contributed by atoms with Crippen LogP contribution in [0.5, 0.6) is 0 Å². The average Bonchev–Trinajstić information content (AvgIpc) is 2.35. The maximum atomic E-state index is 5.27. The van der Waals surface area contributed by atoms with E-state index in [0.29, 0.717) is 18.0 Å². The molecule has 0 unspecified atom stereocenters. The van der Waals surface area contributed by atoms with Crippen LogP contribution in [0.25, 0.3) is 0 Å². The molecule has 96 valence electrons. The van der Waals surface area contributed by atoms with Crippen LogP contribution in [0.3, 0.4) is 0 Å². The zero-order valence-electron chi connectivity index (χ0n) is 11.3. The van der Waals surface area contributed by atoms with Gasteiger partial charge < -0.3 is 10.1 Å². The molecule has 0 amide bonds. The Morgan fingerprint density at radius 3 is 2.41 bits per heavy atom. The Morgan fingerprint density at radius 2 is 1.94 bits per heavy atom. The normalized spacial score (nSPS) is 14.9. The fraction of sp³-hybridized carbons (Fsp3) is 0.643. The molecule has 1 rings (SSSR count). The zero-order chi connectivity index (χ0) is 12.7. The van der Waals surface area contributed by atoms with Gasteiger partial charge in [0.2, 0.25) is 0 Å². The van der Waals surface area contributed by atoms with E-state index in [1.54, 1.807) is 7.11 Å². The Kier molecular flexibility index (Phi) is 6.16. The molecule has 0 radical (unpaired) electrons. The molecule has 0 spiro atoms. The lowest BCUT2D eigenvalue weighted by Crippen LogP contribution is -2.40. The van der Waals surface area contributed by atoms with E-state index < -0.39 is 0 Å². The van der Waals surface area contributed by atoms with Crippen LogP contribution in [-0.4, -0.2) is 24.7 Å². The molecule has 0 aliphatic rings. The molecule has 1 N–H and O–H groups in total. The number of methoxy groups -OCH3 is 1. The van der Waals surface area contributed by atoms with E-state index in [-0.39, 0.29) is 0 Å². The second-order valence-corrected chi connectivity index (χ2v) is 4.71. The highest BCUT2D eigenvalue weighted by molar-refractivity contribution is 5.15. The van der Waals surface area contributed by atoms with Gasteiger partial charge >= 0.3 is 0 Å². The Labute approximate surface area is 105 Å². The standard InChI is InChI=1S/C14H24N2O/c1-5-13(12-6-8-15-9-7-12)16-14(10-17-4)11(2)3/h6-9,11,13-14,16H,5,10H2,1-4H3/t13-,14-/m1/s1. The summed E-state index contributed by atoms with van der Waals surface area (Å²) in [6.07, 6.45) is 4.76. The molecular weight excluding hydrogens is 212 g/mol. The summed E-state index contributed by atoms with van der Waals surface area (Å²) in [4.78, 5) is 4.06. The minimum Gasteiger partial charge on any atom is -0.383 e. The largest absolute Gasteiger partial charge is 0.383 e. The molecule has 1 aromatic heterocycles. The van der Waals surface area contributed by atoms with Crippen molar-refractivity contribution in [2.45, 2.75) is 39.3 Å². The maximum Gasteiger partial charge on any atom is 0.0618 e. The van der Waals surface area contributed by atoms with Crippen molar-refractivity contribution >= 4 is 0 Å². The van der Waals surface area contributed by atoms with Crippen molar-refractivity contribution in [3.63, 3.8) is 0 Å². The van der Waals surface area contributed by atoms with E-state index in [2.05, 4.69) is 43.2 Å². The lowest BCUT2D eigenvalue weighted by atomic mass is 10.00. The zero-order valence-corrected chi connectivity index (χ0v) is 11.3. The molecular formula is C14H24N2O. The van der Waals surface area contributed by atoms with Gasteiger partial charge in [0.1, 0.15) is 0 Å². The number of ether oxygens (including phenoxy) is 1. The summed E-state index contributed by atoms with van der Waals surface area (Å²) >= 11 is 0. The number of hydrogen-bond donors (Lipinski definition) is 1. The molecule has 0 bridgehead atoms. The van der Waals surface area contributed by atoms with Crippen molar-refractivity contribution in [2.24, 2.45) is 5.92 Å². The summed E-state index contributed by atoms with van der Waals surface area (Å²) in [7, 11) is 1.75. The van der Waals surface area contributed by atoms with Crippen LogP contribution in [0, 0.1) is 5.92 Å². The first-order valence-corrected chi connectivity index (χ1v) is 6.34. The minimum absolute atomic E-state index is 0.376. The SMILES string of the molecule is CC[C@@H](N[C@H](COC)C(C)C)c1ccncc1. The smallest absolute Gasteiger partial charge is 0.0618 e. The molecule has 0 saturated heterocycles. The third-order valence-corrected chi connectivity index (χ3v) is 3.08. The van der Waals surface area contributed by atoms with Gasteiger partial charge in [-0.05, 0) is 30.0 Å². The molecule has 0 aliphatic heterocycles. The molecule has 3 heteroatoms. The third kappa shape index (κ3) is 4.44. The summed E-state index contributed by atoms with van der Waals surface area (Å²) in [6.45, 7) is 7.38. The van der Waals surface area contributed by atoms with Gasteiger partial charge in [0, 0.05) is 31.6 Å². The number of nitrogens with one attached hydrogen (secondary N) is 1. The van der Waals surface area contributed by atoms with E-state index in [1.807, 2.05) is 12.4 Å². The monoisotopic (exact) mass is 236 g/mol. The Morgan fingerprint density at radius 1 is 1.29 bits per heavy atom. The first-order valence-electron chi connectivity index (χ1n) is 6.34. The lowest BCUT2D eigenvalue weighted by Gasteiger charge is -2.27. The fourth-order valence-electron chi connectivity index (χ4n) is 1.92. The highest BCUT2D eigenvalue weighted by atomic mass is 16.5. The molecule has 2 atom stereocenters. The van der Waals surface area contributed by atoms with Gasteiger partial charge in [-0.3, -0.25) is 4.98 Å². The summed E-state index contributed by atoms with van der Waals surface area (Å²) in [5, 5.41) is 3.67. The van der Waals surface area contributed by atoms with Gasteiger partial charge in [-0.15, -0.1) is 0 Å². The second-order valence-electron chi connectivity index (χ2n) is 4.71. The summed E-state index contributed by atoms with van der Waals surface area (Å²) in [5.41, 5.74) is 1.30. The predicted molar refractivity (Wildman–Crippen MR) is 70.9 cm³/mol. The second kappa shape index (κ2) is 7.41. The quantitative estimate of drug-likeness (QED) is 0.790. The van der Waals surface area contributed by atoms with E-state index in [4.69, 9.17) is 4.74 Å². The van der Waals surface area contributed by atoms with Crippen molar-refractivity contribution in [3.05, 3.63) is 30.1 Å². The van der Waals surface area contributed by atoms with Crippen molar-refractivity contribution < 1.29 is 4.74 Å². The number of rotatable bonds is 7. The van der Waals surface area contributed by atoms with Crippen LogP contribution in [0.2, 0.25) is 0 Å². The Balaban J connectivity index is 2.68. The predicted octanol–water partition coefficient (Wildman–Crippen LogP) is 2.79. The molecule has 17 heavy (non-hydrogen) atoms. The third-order valence-electron chi connectivity index (χ3n) is 3.08. The van der Waals surface area contributed by atoms with Gasteiger partial charge in [-0.1, -0.05) is 20.8 Å². The van der Waals surface area contributed by atoms with Crippen molar-refractivity contribution in [3.8, 4) is 0 Å². The number of aromatic nitrogens is 1.